The highest BCUT2D eigenvalue weighted by molar-refractivity contribution is 7.92. The van der Waals surface area contributed by atoms with Gasteiger partial charge in [-0.3, -0.25) is 9.10 Å². The molecule has 0 aliphatic rings. The summed E-state index contributed by atoms with van der Waals surface area (Å²) in [6, 6.07) is 14.7. The van der Waals surface area contributed by atoms with Crippen LogP contribution in [0.4, 0.5) is 5.69 Å². The van der Waals surface area contributed by atoms with Crippen molar-refractivity contribution < 1.29 is 13.2 Å². The molecule has 2 aromatic rings. The third-order valence-corrected chi connectivity index (χ3v) is 5.45. The Hall–Kier alpha value is -2.05. The number of nitrogens with zero attached hydrogens (tertiary/aromatic N) is 1. The fraction of sp³-hybridized carbons (Fsp3) is 0.316. The molecule has 0 radical (unpaired) electrons. The van der Waals surface area contributed by atoms with E-state index in [4.69, 9.17) is 11.6 Å². The minimum Gasteiger partial charge on any atom is -0.354 e. The Morgan fingerprint density at radius 3 is 2.42 bits per heavy atom. The number of carbonyl (C=O) groups excluding carboxylic acids is 1. The molecule has 0 heterocycles. The van der Waals surface area contributed by atoms with Gasteiger partial charge in [0.2, 0.25) is 15.9 Å². The Balaban J connectivity index is 2.08. The van der Waals surface area contributed by atoms with E-state index < -0.39 is 10.0 Å². The first kappa shape index (κ1) is 20.3. The lowest BCUT2D eigenvalue weighted by Crippen LogP contribution is -2.41. The number of aryl methyl sites for hydroxylation is 1. The highest BCUT2D eigenvalue weighted by atomic mass is 35.5. The second-order valence-corrected chi connectivity index (χ2v) is 8.66. The van der Waals surface area contributed by atoms with Crippen LogP contribution < -0.4 is 9.62 Å². The summed E-state index contributed by atoms with van der Waals surface area (Å²) in [4.78, 5) is 12.3. The SMILES string of the molecule is Cc1cc(Cl)ccc1N(CC(=O)NC[C@@H](C)c1ccccc1)S(C)(=O)=O. The van der Waals surface area contributed by atoms with Gasteiger partial charge in [-0.2, -0.15) is 0 Å². The summed E-state index contributed by atoms with van der Waals surface area (Å²) in [7, 11) is -3.61. The van der Waals surface area contributed by atoms with Gasteiger partial charge in [0.15, 0.2) is 0 Å². The summed E-state index contributed by atoms with van der Waals surface area (Å²) in [5, 5.41) is 3.33. The van der Waals surface area contributed by atoms with Crippen molar-refractivity contribution in [2.75, 3.05) is 23.7 Å². The van der Waals surface area contributed by atoms with E-state index in [1.807, 2.05) is 37.3 Å². The zero-order valence-electron chi connectivity index (χ0n) is 15.1. The molecule has 7 heteroatoms. The van der Waals surface area contributed by atoms with Crippen LogP contribution in [0, 0.1) is 6.92 Å². The number of amides is 1. The van der Waals surface area contributed by atoms with Crippen molar-refractivity contribution in [3.63, 3.8) is 0 Å². The van der Waals surface area contributed by atoms with E-state index in [0.29, 0.717) is 22.8 Å². The summed E-state index contributed by atoms with van der Waals surface area (Å²) in [5.74, 6) is -0.225. The summed E-state index contributed by atoms with van der Waals surface area (Å²) < 4.78 is 25.5. The van der Waals surface area contributed by atoms with Crippen molar-refractivity contribution in [3.8, 4) is 0 Å². The van der Waals surface area contributed by atoms with Crippen molar-refractivity contribution in [2.24, 2.45) is 0 Å². The van der Waals surface area contributed by atoms with Gasteiger partial charge in [-0.05, 0) is 42.2 Å². The molecule has 0 fully saturated rings. The largest absolute Gasteiger partial charge is 0.354 e. The van der Waals surface area contributed by atoms with Gasteiger partial charge >= 0.3 is 0 Å². The number of nitrogens with one attached hydrogen (secondary N) is 1. The maximum absolute atomic E-state index is 12.3. The summed E-state index contributed by atoms with van der Waals surface area (Å²) in [6.07, 6.45) is 1.08. The lowest BCUT2D eigenvalue weighted by molar-refractivity contribution is -0.119. The van der Waals surface area contributed by atoms with E-state index >= 15 is 0 Å². The van der Waals surface area contributed by atoms with Crippen LogP contribution in [0.2, 0.25) is 5.02 Å². The molecule has 0 saturated carbocycles. The van der Waals surface area contributed by atoms with Crippen molar-refractivity contribution in [1.82, 2.24) is 5.32 Å². The minimum atomic E-state index is -3.61. The fourth-order valence-electron chi connectivity index (χ4n) is 2.63. The van der Waals surface area contributed by atoms with Gasteiger partial charge in [-0.1, -0.05) is 48.9 Å². The summed E-state index contributed by atoms with van der Waals surface area (Å²) in [6.45, 7) is 3.92. The van der Waals surface area contributed by atoms with Crippen LogP contribution in [-0.4, -0.2) is 33.7 Å². The van der Waals surface area contributed by atoms with Crippen LogP contribution >= 0.6 is 11.6 Å². The van der Waals surface area contributed by atoms with E-state index in [1.54, 1.807) is 25.1 Å². The summed E-state index contributed by atoms with van der Waals surface area (Å²) in [5.41, 5.74) is 2.25. The molecule has 1 atom stereocenters. The third kappa shape index (κ3) is 5.47. The Bertz CT molecular complexity index is 870. The highest BCUT2D eigenvalue weighted by Crippen LogP contribution is 2.25. The smallest absolute Gasteiger partial charge is 0.240 e. The molecule has 1 amide bonds. The van der Waals surface area contributed by atoms with Crippen LogP contribution in [-0.2, 0) is 14.8 Å². The van der Waals surface area contributed by atoms with Crippen molar-refractivity contribution in [2.45, 2.75) is 19.8 Å². The van der Waals surface area contributed by atoms with Gasteiger partial charge in [0.1, 0.15) is 6.54 Å². The van der Waals surface area contributed by atoms with Gasteiger partial charge in [0, 0.05) is 11.6 Å². The molecule has 0 aliphatic heterocycles. The van der Waals surface area contributed by atoms with Gasteiger partial charge in [0.25, 0.3) is 0 Å². The second kappa shape index (κ2) is 8.56. The lowest BCUT2D eigenvalue weighted by Gasteiger charge is -2.24. The summed E-state index contributed by atoms with van der Waals surface area (Å²) >= 11 is 5.94. The standard InChI is InChI=1S/C19H23ClN2O3S/c1-14-11-17(20)9-10-18(14)22(26(3,24)25)13-19(23)21-12-15(2)16-7-5-4-6-8-16/h4-11,15H,12-13H2,1-3H3,(H,21,23)/t15-/m1/s1. The van der Waals surface area contributed by atoms with Crippen LogP contribution in [0.25, 0.3) is 0 Å². The predicted molar refractivity (Wildman–Crippen MR) is 106 cm³/mol. The molecule has 2 aromatic carbocycles. The third-order valence-electron chi connectivity index (χ3n) is 4.09. The second-order valence-electron chi connectivity index (χ2n) is 6.32. The highest BCUT2D eigenvalue weighted by Gasteiger charge is 2.22. The molecular weight excluding hydrogens is 372 g/mol. The van der Waals surface area contributed by atoms with Crippen molar-refractivity contribution in [3.05, 3.63) is 64.7 Å². The van der Waals surface area contributed by atoms with Gasteiger partial charge in [-0.25, -0.2) is 8.42 Å². The first-order chi connectivity index (χ1) is 12.2. The normalized spacial score (nSPS) is 12.5. The van der Waals surface area contributed by atoms with Crippen LogP contribution in [0.1, 0.15) is 24.0 Å². The van der Waals surface area contributed by atoms with Crippen LogP contribution in [0.5, 0.6) is 0 Å². The van der Waals surface area contributed by atoms with Gasteiger partial charge < -0.3 is 5.32 Å². The van der Waals surface area contributed by atoms with E-state index in [0.717, 1.165) is 16.1 Å². The van der Waals surface area contributed by atoms with Crippen LogP contribution in [0.3, 0.4) is 0 Å². The van der Waals surface area contributed by atoms with E-state index in [-0.39, 0.29) is 18.4 Å². The van der Waals surface area contributed by atoms with Gasteiger partial charge in [0.05, 0.1) is 11.9 Å². The monoisotopic (exact) mass is 394 g/mol. The number of sulfonamides is 1. The molecule has 26 heavy (non-hydrogen) atoms. The molecule has 0 unspecified atom stereocenters. The fourth-order valence-corrected chi connectivity index (χ4v) is 3.77. The molecule has 0 spiro atoms. The van der Waals surface area contributed by atoms with Gasteiger partial charge in [-0.15, -0.1) is 0 Å². The first-order valence-electron chi connectivity index (χ1n) is 8.24. The number of carbonyl (C=O) groups is 1. The molecule has 0 aromatic heterocycles. The zero-order valence-corrected chi connectivity index (χ0v) is 16.6. The molecule has 5 nitrogen and oxygen atoms in total. The minimum absolute atomic E-state index is 0.129. The maximum Gasteiger partial charge on any atom is 0.240 e. The molecule has 140 valence electrons. The maximum atomic E-state index is 12.3. The van der Waals surface area contributed by atoms with E-state index in [9.17, 15) is 13.2 Å². The average molecular weight is 395 g/mol. The molecule has 0 bridgehead atoms. The van der Waals surface area contributed by atoms with Crippen molar-refractivity contribution in [1.29, 1.82) is 0 Å². The molecule has 0 aliphatic carbocycles. The number of hydrogen-bond donors (Lipinski definition) is 1. The number of anilines is 1. The van der Waals surface area contributed by atoms with E-state index in [2.05, 4.69) is 5.32 Å². The van der Waals surface area contributed by atoms with E-state index in [1.165, 1.54) is 0 Å². The lowest BCUT2D eigenvalue weighted by atomic mass is 10.0. The first-order valence-corrected chi connectivity index (χ1v) is 10.5. The zero-order chi connectivity index (χ0) is 19.3. The Kier molecular flexibility index (Phi) is 6.67. The topological polar surface area (TPSA) is 66.5 Å². The number of hydrogen-bond acceptors (Lipinski definition) is 3. The van der Waals surface area contributed by atoms with Crippen molar-refractivity contribution >= 4 is 33.2 Å². The average Bonchev–Trinajstić information content (AvgIpc) is 2.58. The Morgan fingerprint density at radius 2 is 1.85 bits per heavy atom. The number of benzene rings is 2. The number of halogens is 1. The Morgan fingerprint density at radius 1 is 1.19 bits per heavy atom. The number of rotatable bonds is 7. The predicted octanol–water partition coefficient (Wildman–Crippen LogP) is 3.33. The molecule has 0 saturated heterocycles. The molecular formula is C19H23ClN2O3S. The Labute approximate surface area is 160 Å². The quantitative estimate of drug-likeness (QED) is 0.783. The molecule has 1 N–H and O–H groups in total. The van der Waals surface area contributed by atoms with Crippen LogP contribution in [0.15, 0.2) is 48.5 Å². The molecule has 2 rings (SSSR count).